The fraction of sp³-hybridized carbons (Fsp3) is 0.0114. The van der Waals surface area contributed by atoms with Crippen LogP contribution in [0.2, 0.25) is 0 Å². The number of fused-ring (bicyclic) bond motifs is 7. The SMILES string of the molecule is O=C(OCc1ccccc1)c1ccc2c(c1)c1ccccc1n2-c1ccc(-c2cc(-c3ccccc3)nc(-c3ccccc3)n2)cc1-c1nc(-c2ccccc2)cc(-c2cccc(-c3cc4c5c(c3)N(c3ccccc3)c3ccccc3B5c3ccccc3N4c3ccccc3)c2)n1. The lowest BCUT2D eigenvalue weighted by Crippen LogP contribution is -2.61. The average Bonchev–Trinajstić information content (AvgIpc) is 0.879. The smallest absolute Gasteiger partial charge is 0.338 e. The van der Waals surface area contributed by atoms with Gasteiger partial charge in [0.25, 0.3) is 6.71 Å². The van der Waals surface area contributed by atoms with E-state index in [2.05, 4.69) is 245 Å². The minimum atomic E-state index is -0.398. The highest BCUT2D eigenvalue weighted by atomic mass is 16.5. The largest absolute Gasteiger partial charge is 0.457 e. The summed E-state index contributed by atoms with van der Waals surface area (Å²) >= 11 is 0. The molecule has 16 aromatic rings. The van der Waals surface area contributed by atoms with Gasteiger partial charge in [0, 0.05) is 78.3 Å². The van der Waals surface area contributed by atoms with E-state index in [1.54, 1.807) is 0 Å². The molecule has 18 rings (SSSR count). The second kappa shape index (κ2) is 24.4. The number of benzene rings is 13. The lowest BCUT2D eigenvalue weighted by Gasteiger charge is -2.44. The monoisotopic (exact) mass is 1260 g/mol. The molecular formula is C88H58BN7O2. The van der Waals surface area contributed by atoms with Gasteiger partial charge in [-0.25, -0.2) is 24.7 Å². The van der Waals surface area contributed by atoms with Crippen molar-refractivity contribution in [2.75, 3.05) is 9.80 Å². The lowest BCUT2D eigenvalue weighted by atomic mass is 9.33. The maximum absolute atomic E-state index is 14.0. The molecule has 460 valence electrons. The van der Waals surface area contributed by atoms with Crippen LogP contribution in [0.4, 0.5) is 34.1 Å². The first-order chi connectivity index (χ1) is 48.5. The van der Waals surface area contributed by atoms with Crippen LogP contribution in [0.5, 0.6) is 0 Å². The van der Waals surface area contributed by atoms with E-state index in [4.69, 9.17) is 24.7 Å². The number of nitrogens with zero attached hydrogens (tertiary/aromatic N) is 7. The van der Waals surface area contributed by atoms with Gasteiger partial charge < -0.3 is 19.1 Å². The number of carbonyl (C=O) groups excluding carboxylic acids is 1. The summed E-state index contributed by atoms with van der Waals surface area (Å²) in [5, 5.41) is 1.87. The molecule has 0 unspecified atom stereocenters. The molecule has 0 atom stereocenters. The fourth-order valence-corrected chi connectivity index (χ4v) is 14.4. The third-order valence-corrected chi connectivity index (χ3v) is 18.9. The molecule has 3 aromatic heterocycles. The highest BCUT2D eigenvalue weighted by molar-refractivity contribution is 7.00. The van der Waals surface area contributed by atoms with Crippen molar-refractivity contribution in [2.45, 2.75) is 6.61 Å². The van der Waals surface area contributed by atoms with Gasteiger partial charge in [0.1, 0.15) is 6.61 Å². The topological polar surface area (TPSA) is 89.3 Å². The molecule has 0 fully saturated rings. The second-order valence-electron chi connectivity index (χ2n) is 24.8. The van der Waals surface area contributed by atoms with Crippen LogP contribution in [-0.4, -0.2) is 37.2 Å². The molecule has 98 heavy (non-hydrogen) atoms. The minimum Gasteiger partial charge on any atom is -0.457 e. The number of hydrogen-bond acceptors (Lipinski definition) is 8. The minimum absolute atomic E-state index is 0.0212. The van der Waals surface area contributed by atoms with Gasteiger partial charge in [-0.1, -0.05) is 237 Å². The lowest BCUT2D eigenvalue weighted by molar-refractivity contribution is 0.0473. The zero-order valence-electron chi connectivity index (χ0n) is 53.1. The van der Waals surface area contributed by atoms with E-state index in [0.29, 0.717) is 17.2 Å². The molecule has 0 spiro atoms. The van der Waals surface area contributed by atoms with Crippen molar-refractivity contribution in [3.05, 3.63) is 351 Å². The molecule has 0 aliphatic carbocycles. The Morgan fingerprint density at radius 3 is 1.40 bits per heavy atom. The Bertz CT molecular complexity index is 5570. The Balaban J connectivity index is 0.846. The Kier molecular flexibility index (Phi) is 14.3. The first-order valence-corrected chi connectivity index (χ1v) is 33.0. The van der Waals surface area contributed by atoms with Crippen LogP contribution in [0.1, 0.15) is 15.9 Å². The summed E-state index contributed by atoms with van der Waals surface area (Å²) in [5.41, 5.74) is 25.0. The Labute approximate surface area is 567 Å². The number of esters is 1. The van der Waals surface area contributed by atoms with E-state index in [-0.39, 0.29) is 13.3 Å². The summed E-state index contributed by atoms with van der Waals surface area (Å²) < 4.78 is 8.20. The van der Waals surface area contributed by atoms with Crippen LogP contribution in [0.15, 0.2) is 340 Å². The van der Waals surface area contributed by atoms with Crippen LogP contribution in [0.25, 0.3) is 106 Å². The zero-order valence-corrected chi connectivity index (χ0v) is 53.1. The van der Waals surface area contributed by atoms with Crippen LogP contribution in [-0.2, 0) is 11.3 Å². The zero-order chi connectivity index (χ0) is 65.0. The first-order valence-electron chi connectivity index (χ1n) is 33.0. The molecule has 5 heterocycles. The van der Waals surface area contributed by atoms with Crippen LogP contribution >= 0.6 is 0 Å². The van der Waals surface area contributed by atoms with E-state index < -0.39 is 5.97 Å². The molecule has 0 saturated carbocycles. The summed E-state index contributed by atoms with van der Waals surface area (Å²) in [6, 6.07) is 118. The Morgan fingerprint density at radius 2 is 0.796 bits per heavy atom. The van der Waals surface area contributed by atoms with Crippen molar-refractivity contribution in [3.8, 4) is 84.6 Å². The molecule has 13 aromatic carbocycles. The molecule has 10 heteroatoms. The van der Waals surface area contributed by atoms with Gasteiger partial charge in [-0.05, 0) is 136 Å². The molecular weight excluding hydrogens is 1200 g/mol. The van der Waals surface area contributed by atoms with Crippen LogP contribution < -0.4 is 26.2 Å². The number of rotatable bonds is 13. The summed E-state index contributed by atoms with van der Waals surface area (Å²) in [5.74, 6) is 0.718. The number of para-hydroxylation sites is 5. The van der Waals surface area contributed by atoms with E-state index in [0.717, 1.165) is 134 Å². The Morgan fingerprint density at radius 1 is 0.327 bits per heavy atom. The number of ether oxygens (including phenoxy) is 1. The van der Waals surface area contributed by atoms with Crippen LogP contribution in [0.3, 0.4) is 0 Å². The van der Waals surface area contributed by atoms with Crippen molar-refractivity contribution in [3.63, 3.8) is 0 Å². The van der Waals surface area contributed by atoms with Crippen molar-refractivity contribution >= 4 is 85.0 Å². The molecule has 0 N–H and O–H groups in total. The summed E-state index contributed by atoms with van der Waals surface area (Å²) in [6.45, 7) is 0.142. The number of hydrogen-bond donors (Lipinski definition) is 0. The second-order valence-corrected chi connectivity index (χ2v) is 24.8. The highest BCUT2D eigenvalue weighted by Crippen LogP contribution is 2.47. The average molecular weight is 1260 g/mol. The standard InChI is InChI=1S/C88H58BN7O2/c97-88(98-57-58-26-7-1-8-27-58)65-47-49-79-70(52-65)69-40-19-22-43-78(69)96(79)80-48-46-64(77-55-74(59-28-9-2-10-29-59)90-86(91-77)61-32-13-4-14-33-61)51-71(80)87-92-75(60-30-11-3-12-31-60)56-76(93-87)63-35-25-34-62(50-63)66-53-83-85-84(54-66)95(68-38-17-6-18-39-68)82-45-24-21-42-73(82)89(85)72-41-20-23-44-81(72)94(83)67-36-15-5-16-37-67/h1-56H,57H2. The molecule has 0 amide bonds. The maximum atomic E-state index is 14.0. The molecule has 2 aliphatic rings. The fourth-order valence-electron chi connectivity index (χ4n) is 14.4. The van der Waals surface area contributed by atoms with Crippen molar-refractivity contribution in [1.29, 1.82) is 0 Å². The van der Waals surface area contributed by atoms with Crippen molar-refractivity contribution in [1.82, 2.24) is 24.5 Å². The van der Waals surface area contributed by atoms with Crippen LogP contribution in [0, 0.1) is 0 Å². The third kappa shape index (κ3) is 10.3. The Hall–Kier alpha value is -13.0. The number of carbonyl (C=O) groups is 1. The summed E-state index contributed by atoms with van der Waals surface area (Å²) in [7, 11) is 0. The molecule has 0 saturated heterocycles. The quantitative estimate of drug-likeness (QED) is 0.0833. The van der Waals surface area contributed by atoms with E-state index in [1.165, 1.54) is 16.4 Å². The third-order valence-electron chi connectivity index (χ3n) is 18.9. The molecule has 0 radical (unpaired) electrons. The number of aromatic nitrogens is 5. The predicted molar refractivity (Wildman–Crippen MR) is 400 cm³/mol. The van der Waals surface area contributed by atoms with Gasteiger partial charge in [-0.2, -0.15) is 0 Å². The van der Waals surface area contributed by atoms with E-state index >= 15 is 0 Å². The normalized spacial score (nSPS) is 12.1. The summed E-state index contributed by atoms with van der Waals surface area (Å²) in [6.07, 6.45) is 0. The molecule has 9 nitrogen and oxygen atoms in total. The van der Waals surface area contributed by atoms with Crippen molar-refractivity contribution < 1.29 is 9.53 Å². The maximum Gasteiger partial charge on any atom is 0.338 e. The van der Waals surface area contributed by atoms with Gasteiger partial charge in [0.15, 0.2) is 11.6 Å². The number of anilines is 6. The summed E-state index contributed by atoms with van der Waals surface area (Å²) in [4.78, 5) is 40.8. The van der Waals surface area contributed by atoms with E-state index in [1.807, 2.05) is 109 Å². The van der Waals surface area contributed by atoms with Gasteiger partial charge in [0.05, 0.1) is 45.1 Å². The first kappa shape index (κ1) is 57.6. The van der Waals surface area contributed by atoms with E-state index in [9.17, 15) is 4.79 Å². The highest BCUT2D eigenvalue weighted by Gasteiger charge is 2.43. The van der Waals surface area contributed by atoms with Crippen molar-refractivity contribution in [2.24, 2.45) is 0 Å². The predicted octanol–water partition coefficient (Wildman–Crippen LogP) is 19.5. The van der Waals surface area contributed by atoms with Gasteiger partial charge in [0.2, 0.25) is 0 Å². The van der Waals surface area contributed by atoms with Gasteiger partial charge in [-0.3, -0.25) is 0 Å². The van der Waals surface area contributed by atoms with Gasteiger partial charge >= 0.3 is 5.97 Å². The molecule has 0 bridgehead atoms. The van der Waals surface area contributed by atoms with Gasteiger partial charge in [-0.15, -0.1) is 0 Å². The molecule has 2 aliphatic heterocycles.